The Morgan fingerprint density at radius 2 is 1.48 bits per heavy atom. The van der Waals surface area contributed by atoms with Crippen molar-refractivity contribution in [3.05, 3.63) is 83.2 Å². The summed E-state index contributed by atoms with van der Waals surface area (Å²) in [4.78, 5) is 51.3. The zero-order valence-electron chi connectivity index (χ0n) is 28.0. The Labute approximate surface area is 295 Å². The van der Waals surface area contributed by atoms with Gasteiger partial charge in [0.05, 0.1) is 16.8 Å². The topological polar surface area (TPSA) is 127 Å². The van der Waals surface area contributed by atoms with E-state index >= 15 is 0 Å². The first-order valence-electron chi connectivity index (χ1n) is 16.9. The number of likely N-dealkylation sites (tertiary alicyclic amines) is 1. The Kier molecular flexibility index (Phi) is 10.4. The molecule has 2 saturated heterocycles. The average molecular weight is 733 g/mol. The molecule has 1 aromatic heterocycles. The fourth-order valence-electron chi connectivity index (χ4n) is 7.06. The third-order valence-electron chi connectivity index (χ3n) is 9.84. The molecule has 3 aromatic rings. The van der Waals surface area contributed by atoms with Crippen LogP contribution in [-0.4, -0.2) is 95.6 Å². The Hall–Kier alpha value is -5.22. The number of fused-ring (bicyclic) bond motifs is 1. The molecule has 2 aromatic carbocycles. The lowest BCUT2D eigenvalue weighted by Gasteiger charge is -2.39. The van der Waals surface area contributed by atoms with Crippen molar-refractivity contribution in [1.82, 2.24) is 25.0 Å². The van der Waals surface area contributed by atoms with Gasteiger partial charge >= 0.3 is 24.4 Å². The summed E-state index contributed by atoms with van der Waals surface area (Å²) in [6.07, 6.45) is -6.31. The van der Waals surface area contributed by atoms with Crippen molar-refractivity contribution < 1.29 is 40.7 Å². The maximum Gasteiger partial charge on any atom is 0.418 e. The molecule has 4 heterocycles. The number of amides is 5. The molecule has 0 saturated carbocycles. The van der Waals surface area contributed by atoms with Crippen LogP contribution < -0.4 is 21.3 Å². The van der Waals surface area contributed by atoms with Crippen LogP contribution in [0.25, 0.3) is 0 Å². The number of halogens is 6. The number of carbonyl (C=O) groups is 3. The van der Waals surface area contributed by atoms with Crippen molar-refractivity contribution in [2.45, 2.75) is 50.1 Å². The molecule has 1 atom stereocenters. The summed E-state index contributed by atoms with van der Waals surface area (Å²) in [5, 5.41) is 5.55. The van der Waals surface area contributed by atoms with Gasteiger partial charge in [-0.1, -0.05) is 18.2 Å². The highest BCUT2D eigenvalue weighted by molar-refractivity contribution is 5.91. The van der Waals surface area contributed by atoms with Gasteiger partial charge in [-0.2, -0.15) is 26.3 Å². The van der Waals surface area contributed by atoms with E-state index in [1.54, 1.807) is 29.4 Å². The summed E-state index contributed by atoms with van der Waals surface area (Å²) in [5.41, 5.74) is 2.69. The molecule has 5 amide bonds. The number of nitrogens with one attached hydrogen (secondary N) is 2. The largest absolute Gasteiger partial charge is 0.418 e. The Bertz CT molecular complexity index is 1740. The van der Waals surface area contributed by atoms with Crippen LogP contribution >= 0.6 is 0 Å². The second kappa shape index (κ2) is 14.8. The van der Waals surface area contributed by atoms with Gasteiger partial charge in [0.15, 0.2) is 0 Å². The number of carbonyl (C=O) groups excluding carboxylic acids is 3. The lowest BCUT2D eigenvalue weighted by Crippen LogP contribution is -2.58. The van der Waals surface area contributed by atoms with Crippen molar-refractivity contribution in [2.75, 3.05) is 61.8 Å². The molecule has 52 heavy (non-hydrogen) atoms. The predicted molar refractivity (Wildman–Crippen MR) is 180 cm³/mol. The minimum Gasteiger partial charge on any atom is -0.398 e. The molecule has 0 bridgehead atoms. The highest BCUT2D eigenvalue weighted by Gasteiger charge is 2.42. The molecule has 11 nitrogen and oxygen atoms in total. The molecule has 0 spiro atoms. The molecule has 0 unspecified atom stereocenters. The second-order valence-electron chi connectivity index (χ2n) is 13.1. The van der Waals surface area contributed by atoms with E-state index in [9.17, 15) is 40.7 Å². The zero-order valence-corrected chi connectivity index (χ0v) is 28.0. The molecule has 3 aliphatic rings. The van der Waals surface area contributed by atoms with Gasteiger partial charge in [0.1, 0.15) is 6.04 Å². The van der Waals surface area contributed by atoms with Crippen molar-refractivity contribution in [3.8, 4) is 0 Å². The summed E-state index contributed by atoms with van der Waals surface area (Å²) in [7, 11) is 0. The molecular formula is C35H38F6N8O3. The number of piperidine rings is 1. The minimum absolute atomic E-state index is 0.177. The third kappa shape index (κ3) is 8.12. The van der Waals surface area contributed by atoms with Crippen molar-refractivity contribution in [3.63, 3.8) is 0 Å². The van der Waals surface area contributed by atoms with Crippen LogP contribution in [0.1, 0.15) is 35.1 Å². The van der Waals surface area contributed by atoms with E-state index in [4.69, 9.17) is 5.73 Å². The number of hydrogen-bond donors (Lipinski definition) is 3. The smallest absolute Gasteiger partial charge is 0.398 e. The van der Waals surface area contributed by atoms with Crippen LogP contribution in [-0.2, 0) is 30.0 Å². The van der Waals surface area contributed by atoms with Crippen LogP contribution in [0.2, 0.25) is 0 Å². The summed E-state index contributed by atoms with van der Waals surface area (Å²) in [5.74, 6) is -0.641. The van der Waals surface area contributed by atoms with E-state index in [0.717, 1.165) is 16.9 Å². The number of hydrogen-bond acceptors (Lipinski definition) is 6. The molecule has 0 aliphatic carbocycles. The monoisotopic (exact) mass is 732 g/mol. The number of rotatable bonds is 6. The predicted octanol–water partition coefficient (Wildman–Crippen LogP) is 5.23. The van der Waals surface area contributed by atoms with Gasteiger partial charge in [0.25, 0.3) is 0 Å². The van der Waals surface area contributed by atoms with Crippen LogP contribution in [0.3, 0.4) is 0 Å². The van der Waals surface area contributed by atoms with Gasteiger partial charge in [0, 0.05) is 82.0 Å². The SMILES string of the molecule is Nc1c(C(F)(F)F)cc(C[C@@H](NC(=O)N2CCC(N3CCc4ccccc4NC3=O)CC2)C(=O)N2CCN(c3ccncc3)CC2)cc1C(F)(F)F. The summed E-state index contributed by atoms with van der Waals surface area (Å²) in [6.45, 7) is 2.09. The number of benzene rings is 2. The molecule has 0 radical (unpaired) electrons. The van der Waals surface area contributed by atoms with Crippen molar-refractivity contribution in [1.29, 1.82) is 0 Å². The maximum absolute atomic E-state index is 14.0. The van der Waals surface area contributed by atoms with Gasteiger partial charge in [-0.25, -0.2) is 9.59 Å². The number of nitrogens with two attached hydrogens (primary N) is 1. The number of urea groups is 2. The molecule has 2 fully saturated rings. The zero-order chi connectivity index (χ0) is 37.2. The number of piperazine rings is 1. The Morgan fingerprint density at radius 1 is 0.865 bits per heavy atom. The van der Waals surface area contributed by atoms with Crippen molar-refractivity contribution >= 4 is 35.0 Å². The van der Waals surface area contributed by atoms with E-state index in [1.807, 2.05) is 29.2 Å². The van der Waals surface area contributed by atoms with Gasteiger partial charge in [-0.05, 0) is 60.7 Å². The fraction of sp³-hybridized carbons (Fsp3) is 0.429. The Morgan fingerprint density at radius 3 is 2.10 bits per heavy atom. The molecule has 3 aliphatic heterocycles. The number of anilines is 3. The van der Waals surface area contributed by atoms with E-state index in [-0.39, 0.29) is 38.3 Å². The van der Waals surface area contributed by atoms with E-state index in [2.05, 4.69) is 15.6 Å². The first-order chi connectivity index (χ1) is 24.7. The number of nitrogen functional groups attached to an aromatic ring is 1. The normalized spacial score (nSPS) is 18.0. The molecule has 278 valence electrons. The molecular weight excluding hydrogens is 694 g/mol. The fourth-order valence-corrected chi connectivity index (χ4v) is 7.06. The molecule has 4 N–H and O–H groups in total. The standard InChI is InChI=1S/C35H38F6N8O3/c36-34(37,38)26-19-22(20-27(30(26)42)35(39,40)41)21-29(31(50)47-17-15-46(16-18-47)24-5-10-43-11-6-24)45-32(51)48-12-8-25(9-13-48)49-14-7-23-3-1-2-4-28(23)44-33(49)52/h1-6,10-11,19-20,25,29H,7-9,12-18,21,42H2,(H,44,52)(H,45,51)/t29-/m1/s1. The highest BCUT2D eigenvalue weighted by atomic mass is 19.4. The van der Waals surface area contributed by atoms with E-state index in [1.165, 1.54) is 9.80 Å². The number of alkyl halides is 6. The first-order valence-corrected chi connectivity index (χ1v) is 16.9. The van der Waals surface area contributed by atoms with E-state index in [0.29, 0.717) is 51.0 Å². The lowest BCUT2D eigenvalue weighted by molar-refractivity contribution is -0.141. The van der Waals surface area contributed by atoms with E-state index < -0.39 is 59.1 Å². The van der Waals surface area contributed by atoms with Crippen LogP contribution in [0, 0.1) is 0 Å². The van der Waals surface area contributed by atoms with Crippen LogP contribution in [0.15, 0.2) is 60.9 Å². The van der Waals surface area contributed by atoms with Crippen LogP contribution in [0.5, 0.6) is 0 Å². The summed E-state index contributed by atoms with van der Waals surface area (Å²) < 4.78 is 83.2. The third-order valence-corrected chi connectivity index (χ3v) is 9.84. The number of pyridine rings is 1. The van der Waals surface area contributed by atoms with Gasteiger partial charge < -0.3 is 36.0 Å². The van der Waals surface area contributed by atoms with Gasteiger partial charge in [-0.3, -0.25) is 9.78 Å². The number of aromatic nitrogens is 1. The Balaban J connectivity index is 1.18. The molecule has 17 heteroatoms. The van der Waals surface area contributed by atoms with Crippen molar-refractivity contribution in [2.24, 2.45) is 0 Å². The van der Waals surface area contributed by atoms with Gasteiger partial charge in [-0.15, -0.1) is 0 Å². The average Bonchev–Trinajstić information content (AvgIpc) is 3.29. The number of nitrogens with zero attached hydrogens (tertiary/aromatic N) is 5. The van der Waals surface area contributed by atoms with Gasteiger partial charge in [0.2, 0.25) is 5.91 Å². The molecule has 6 rings (SSSR count). The first kappa shape index (κ1) is 36.6. The summed E-state index contributed by atoms with van der Waals surface area (Å²) >= 11 is 0. The number of para-hydroxylation sites is 1. The van der Waals surface area contributed by atoms with Crippen LogP contribution in [0.4, 0.5) is 53.0 Å². The second-order valence-corrected chi connectivity index (χ2v) is 13.1. The quantitative estimate of drug-likeness (QED) is 0.236. The lowest BCUT2D eigenvalue weighted by atomic mass is 9.96. The summed E-state index contributed by atoms with van der Waals surface area (Å²) in [6, 6.07) is 9.51. The minimum atomic E-state index is -5.20. The highest BCUT2D eigenvalue weighted by Crippen LogP contribution is 2.42. The maximum atomic E-state index is 14.0.